The largest absolute Gasteiger partial charge is 0.491 e. The highest BCUT2D eigenvalue weighted by atomic mass is 16.5. The van der Waals surface area contributed by atoms with Crippen molar-refractivity contribution in [3.8, 4) is 5.75 Å². The Morgan fingerprint density at radius 2 is 2.00 bits per heavy atom. The number of aryl methyl sites for hydroxylation is 2. The molecule has 0 amide bonds. The van der Waals surface area contributed by atoms with E-state index in [4.69, 9.17) is 9.84 Å². The van der Waals surface area contributed by atoms with E-state index in [1.165, 1.54) is 5.56 Å². The minimum atomic E-state index is -0.692. The SMILES string of the molecule is Cc1ccc(OCC(O)Cn2c(NCCO)nc3ccccc32)c(C)c1. The number of anilines is 1. The van der Waals surface area contributed by atoms with Crippen molar-refractivity contribution in [2.75, 3.05) is 25.1 Å². The van der Waals surface area contributed by atoms with Crippen LogP contribution in [0.15, 0.2) is 42.5 Å². The molecule has 0 aliphatic rings. The average molecular weight is 355 g/mol. The quantitative estimate of drug-likeness (QED) is 0.579. The molecule has 0 spiro atoms. The lowest BCUT2D eigenvalue weighted by atomic mass is 10.1. The number of rotatable bonds is 8. The second kappa shape index (κ2) is 8.21. The average Bonchev–Trinajstić information content (AvgIpc) is 2.97. The third-order valence-electron chi connectivity index (χ3n) is 4.20. The monoisotopic (exact) mass is 355 g/mol. The molecule has 6 heteroatoms. The van der Waals surface area contributed by atoms with Gasteiger partial charge in [0.1, 0.15) is 18.5 Å². The van der Waals surface area contributed by atoms with Gasteiger partial charge in [0.25, 0.3) is 0 Å². The smallest absolute Gasteiger partial charge is 0.204 e. The zero-order valence-corrected chi connectivity index (χ0v) is 15.1. The Bertz CT molecular complexity index is 876. The fourth-order valence-electron chi connectivity index (χ4n) is 2.97. The lowest BCUT2D eigenvalue weighted by molar-refractivity contribution is 0.0935. The predicted octanol–water partition coefficient (Wildman–Crippen LogP) is 2.50. The number of para-hydroxylation sites is 2. The summed E-state index contributed by atoms with van der Waals surface area (Å²) in [4.78, 5) is 4.53. The van der Waals surface area contributed by atoms with E-state index in [9.17, 15) is 5.11 Å². The molecule has 0 saturated heterocycles. The van der Waals surface area contributed by atoms with E-state index < -0.39 is 6.10 Å². The summed E-state index contributed by atoms with van der Waals surface area (Å²) in [5.74, 6) is 1.41. The van der Waals surface area contributed by atoms with E-state index in [2.05, 4.69) is 16.4 Å². The van der Waals surface area contributed by atoms with E-state index in [0.717, 1.165) is 22.3 Å². The van der Waals surface area contributed by atoms with Crippen LogP contribution in [0.4, 0.5) is 5.95 Å². The number of nitrogens with one attached hydrogen (secondary N) is 1. The molecule has 1 unspecified atom stereocenters. The highest BCUT2D eigenvalue weighted by Crippen LogP contribution is 2.21. The summed E-state index contributed by atoms with van der Waals surface area (Å²) in [6, 6.07) is 13.7. The maximum absolute atomic E-state index is 10.5. The van der Waals surface area contributed by atoms with Gasteiger partial charge in [0, 0.05) is 6.54 Å². The summed E-state index contributed by atoms with van der Waals surface area (Å²) in [6.07, 6.45) is -0.692. The predicted molar refractivity (Wildman–Crippen MR) is 103 cm³/mol. The molecule has 1 atom stereocenters. The molecular weight excluding hydrogens is 330 g/mol. The molecule has 1 aromatic heterocycles. The van der Waals surface area contributed by atoms with Crippen LogP contribution >= 0.6 is 0 Å². The number of aliphatic hydroxyl groups is 2. The molecule has 1 heterocycles. The van der Waals surface area contributed by atoms with E-state index in [1.807, 2.05) is 54.8 Å². The van der Waals surface area contributed by atoms with Gasteiger partial charge in [0.05, 0.1) is 24.2 Å². The van der Waals surface area contributed by atoms with Gasteiger partial charge >= 0.3 is 0 Å². The Labute approximate surface area is 153 Å². The van der Waals surface area contributed by atoms with E-state index in [0.29, 0.717) is 19.0 Å². The molecule has 3 aromatic rings. The van der Waals surface area contributed by atoms with Gasteiger partial charge in [-0.15, -0.1) is 0 Å². The van der Waals surface area contributed by atoms with Crippen LogP contribution in [0.3, 0.4) is 0 Å². The minimum absolute atomic E-state index is 0.0154. The summed E-state index contributed by atoms with van der Waals surface area (Å²) in [5.41, 5.74) is 4.00. The molecule has 0 fully saturated rings. The van der Waals surface area contributed by atoms with Crippen molar-refractivity contribution < 1.29 is 14.9 Å². The van der Waals surface area contributed by atoms with Crippen LogP contribution in [0.2, 0.25) is 0 Å². The summed E-state index contributed by atoms with van der Waals surface area (Å²) in [5, 5.41) is 22.6. The van der Waals surface area contributed by atoms with E-state index in [1.54, 1.807) is 0 Å². The summed E-state index contributed by atoms with van der Waals surface area (Å²) < 4.78 is 7.71. The first-order chi connectivity index (χ1) is 12.6. The van der Waals surface area contributed by atoms with Gasteiger partial charge in [-0.3, -0.25) is 0 Å². The first kappa shape index (κ1) is 18.2. The summed E-state index contributed by atoms with van der Waals surface area (Å²) >= 11 is 0. The molecule has 6 nitrogen and oxygen atoms in total. The van der Waals surface area contributed by atoms with Gasteiger partial charge in [-0.25, -0.2) is 4.98 Å². The fourth-order valence-corrected chi connectivity index (χ4v) is 2.97. The molecule has 0 aliphatic carbocycles. The van der Waals surface area contributed by atoms with E-state index >= 15 is 0 Å². The topological polar surface area (TPSA) is 79.5 Å². The molecule has 0 radical (unpaired) electrons. The number of ether oxygens (including phenoxy) is 1. The van der Waals surface area contributed by atoms with Crippen LogP contribution < -0.4 is 10.1 Å². The lowest BCUT2D eigenvalue weighted by Gasteiger charge is -2.17. The van der Waals surface area contributed by atoms with Gasteiger partial charge < -0.3 is 24.8 Å². The number of fused-ring (bicyclic) bond motifs is 1. The lowest BCUT2D eigenvalue weighted by Crippen LogP contribution is -2.25. The number of imidazole rings is 1. The van der Waals surface area contributed by atoms with Crippen molar-refractivity contribution in [2.45, 2.75) is 26.5 Å². The molecule has 26 heavy (non-hydrogen) atoms. The molecule has 0 aliphatic heterocycles. The normalized spacial score (nSPS) is 12.3. The maximum atomic E-state index is 10.5. The Kier molecular flexibility index (Phi) is 5.75. The second-order valence-corrected chi connectivity index (χ2v) is 6.42. The van der Waals surface area contributed by atoms with Crippen LogP contribution in [0.25, 0.3) is 11.0 Å². The first-order valence-electron chi connectivity index (χ1n) is 8.76. The number of benzene rings is 2. The third-order valence-corrected chi connectivity index (χ3v) is 4.20. The highest BCUT2D eigenvalue weighted by Gasteiger charge is 2.15. The van der Waals surface area contributed by atoms with Crippen LogP contribution in [-0.2, 0) is 6.54 Å². The minimum Gasteiger partial charge on any atom is -0.491 e. The fraction of sp³-hybridized carbons (Fsp3) is 0.350. The van der Waals surface area contributed by atoms with Gasteiger partial charge in [0.15, 0.2) is 0 Å². The van der Waals surface area contributed by atoms with Gasteiger partial charge in [0.2, 0.25) is 5.95 Å². The zero-order valence-electron chi connectivity index (χ0n) is 15.1. The molecule has 3 N–H and O–H groups in total. The van der Waals surface area contributed by atoms with Gasteiger partial charge in [-0.1, -0.05) is 29.8 Å². The van der Waals surface area contributed by atoms with Crippen molar-refractivity contribution >= 4 is 17.0 Å². The van der Waals surface area contributed by atoms with E-state index in [-0.39, 0.29) is 13.2 Å². The van der Waals surface area contributed by atoms with Crippen molar-refractivity contribution in [1.29, 1.82) is 0 Å². The van der Waals surface area contributed by atoms with Crippen molar-refractivity contribution in [1.82, 2.24) is 9.55 Å². The molecular formula is C20H25N3O3. The Morgan fingerprint density at radius 3 is 2.77 bits per heavy atom. The van der Waals surface area contributed by atoms with Gasteiger partial charge in [-0.05, 0) is 37.6 Å². The van der Waals surface area contributed by atoms with Crippen LogP contribution in [-0.4, -0.2) is 45.6 Å². The first-order valence-corrected chi connectivity index (χ1v) is 8.76. The number of nitrogens with zero attached hydrogens (tertiary/aromatic N) is 2. The molecule has 0 bridgehead atoms. The Hall–Kier alpha value is -2.57. The Balaban J connectivity index is 1.72. The van der Waals surface area contributed by atoms with Crippen molar-refractivity contribution in [3.63, 3.8) is 0 Å². The molecule has 138 valence electrons. The molecule has 2 aromatic carbocycles. The maximum Gasteiger partial charge on any atom is 0.204 e. The third kappa shape index (κ3) is 4.15. The van der Waals surface area contributed by atoms with Gasteiger partial charge in [-0.2, -0.15) is 0 Å². The van der Waals surface area contributed by atoms with Crippen LogP contribution in [0.1, 0.15) is 11.1 Å². The van der Waals surface area contributed by atoms with Crippen LogP contribution in [0.5, 0.6) is 5.75 Å². The van der Waals surface area contributed by atoms with Crippen molar-refractivity contribution in [3.05, 3.63) is 53.6 Å². The summed E-state index contributed by atoms with van der Waals surface area (Å²) in [6.45, 7) is 4.99. The summed E-state index contributed by atoms with van der Waals surface area (Å²) in [7, 11) is 0. The van der Waals surface area contributed by atoms with Crippen LogP contribution in [0, 0.1) is 13.8 Å². The number of hydrogen-bond acceptors (Lipinski definition) is 5. The molecule has 3 rings (SSSR count). The zero-order chi connectivity index (χ0) is 18.5. The number of hydrogen-bond donors (Lipinski definition) is 3. The highest BCUT2D eigenvalue weighted by molar-refractivity contribution is 5.78. The number of aromatic nitrogens is 2. The standard InChI is InChI=1S/C20H25N3O3/c1-14-7-8-19(15(2)11-14)26-13-16(25)12-23-18-6-4-3-5-17(18)22-20(23)21-9-10-24/h3-8,11,16,24-25H,9-10,12-13H2,1-2H3,(H,21,22). The molecule has 0 saturated carbocycles. The second-order valence-electron chi connectivity index (χ2n) is 6.42. The van der Waals surface area contributed by atoms with Crippen molar-refractivity contribution in [2.24, 2.45) is 0 Å². The Morgan fingerprint density at radius 1 is 1.19 bits per heavy atom. The number of aliphatic hydroxyl groups excluding tert-OH is 2.